The molecule has 0 aliphatic carbocycles. The third-order valence-electron chi connectivity index (χ3n) is 2.37. The zero-order chi connectivity index (χ0) is 13.7. The highest BCUT2D eigenvalue weighted by molar-refractivity contribution is 7.18. The molecule has 0 amide bonds. The van der Waals surface area contributed by atoms with E-state index in [1.807, 2.05) is 18.2 Å². The number of nitrogens with zero attached hydrogens (tertiary/aromatic N) is 2. The smallest absolute Gasteiger partial charge is 0.303 e. The van der Waals surface area contributed by atoms with Gasteiger partial charge in [-0.1, -0.05) is 41.1 Å². The number of hydrogen-bond acceptors (Lipinski definition) is 5. The van der Waals surface area contributed by atoms with E-state index < -0.39 is 5.97 Å². The van der Waals surface area contributed by atoms with E-state index in [0.717, 1.165) is 10.6 Å². The lowest BCUT2D eigenvalue weighted by Gasteiger charge is -1.99. The molecule has 0 fully saturated rings. The Balaban J connectivity index is 1.96. The van der Waals surface area contributed by atoms with Gasteiger partial charge in [0.15, 0.2) is 5.01 Å². The summed E-state index contributed by atoms with van der Waals surface area (Å²) in [7, 11) is 0. The molecule has 19 heavy (non-hydrogen) atoms. The third kappa shape index (κ3) is 3.90. The second-order valence-electron chi connectivity index (χ2n) is 3.82. The van der Waals surface area contributed by atoms with E-state index in [9.17, 15) is 4.79 Å². The molecule has 1 heterocycles. The van der Waals surface area contributed by atoms with E-state index in [0.29, 0.717) is 23.1 Å². The quantitative estimate of drug-likeness (QED) is 0.801. The van der Waals surface area contributed by atoms with Crippen LogP contribution in [0.15, 0.2) is 24.3 Å². The highest BCUT2D eigenvalue weighted by Crippen LogP contribution is 2.31. The first-order valence-electron chi connectivity index (χ1n) is 5.71. The molecule has 1 aromatic carbocycles. The van der Waals surface area contributed by atoms with Crippen LogP contribution in [0.3, 0.4) is 0 Å². The molecule has 7 heteroatoms. The summed E-state index contributed by atoms with van der Waals surface area (Å²) in [6.45, 7) is 0.559. The Labute approximate surface area is 119 Å². The molecule has 0 spiro atoms. The van der Waals surface area contributed by atoms with Crippen LogP contribution in [-0.2, 0) is 4.79 Å². The minimum absolute atomic E-state index is 0.142. The molecule has 0 saturated heterocycles. The molecule has 0 bridgehead atoms. The van der Waals surface area contributed by atoms with Crippen LogP contribution in [0.5, 0.6) is 0 Å². The molecule has 5 nitrogen and oxygen atoms in total. The van der Waals surface area contributed by atoms with Crippen LogP contribution in [-0.4, -0.2) is 27.8 Å². The average Bonchev–Trinajstić information content (AvgIpc) is 2.83. The molecule has 2 rings (SSSR count). The molecule has 0 aliphatic rings. The van der Waals surface area contributed by atoms with Crippen molar-refractivity contribution >= 4 is 34.0 Å². The maximum atomic E-state index is 10.4. The molecule has 0 aliphatic heterocycles. The number of carbonyl (C=O) groups is 1. The zero-order valence-electron chi connectivity index (χ0n) is 9.97. The van der Waals surface area contributed by atoms with E-state index in [1.54, 1.807) is 6.07 Å². The van der Waals surface area contributed by atoms with Crippen molar-refractivity contribution in [2.45, 2.75) is 12.8 Å². The van der Waals surface area contributed by atoms with Gasteiger partial charge in [-0.25, -0.2) is 0 Å². The van der Waals surface area contributed by atoms with Gasteiger partial charge in [-0.15, -0.1) is 10.2 Å². The lowest BCUT2D eigenvalue weighted by Crippen LogP contribution is -2.04. The lowest BCUT2D eigenvalue weighted by molar-refractivity contribution is -0.137. The summed E-state index contributed by atoms with van der Waals surface area (Å²) in [4.78, 5) is 10.4. The van der Waals surface area contributed by atoms with Crippen molar-refractivity contribution in [2.75, 3.05) is 11.9 Å². The minimum atomic E-state index is -0.796. The number of carboxylic acids is 1. The maximum Gasteiger partial charge on any atom is 0.303 e. The summed E-state index contributed by atoms with van der Waals surface area (Å²) in [5, 5.41) is 21.7. The second kappa shape index (κ2) is 6.49. The number of benzene rings is 1. The number of aliphatic carboxylic acids is 1. The van der Waals surface area contributed by atoms with Gasteiger partial charge in [0, 0.05) is 18.5 Å². The zero-order valence-corrected chi connectivity index (χ0v) is 11.5. The summed E-state index contributed by atoms with van der Waals surface area (Å²) < 4.78 is 0. The molecule has 2 N–H and O–H groups in total. The Kier molecular flexibility index (Phi) is 4.70. The summed E-state index contributed by atoms with van der Waals surface area (Å²) in [5.74, 6) is -0.796. The van der Waals surface area contributed by atoms with E-state index in [4.69, 9.17) is 16.7 Å². The van der Waals surface area contributed by atoms with Crippen LogP contribution in [0.2, 0.25) is 5.02 Å². The van der Waals surface area contributed by atoms with Gasteiger partial charge < -0.3 is 10.4 Å². The molecule has 0 radical (unpaired) electrons. The van der Waals surface area contributed by atoms with Crippen LogP contribution < -0.4 is 5.32 Å². The van der Waals surface area contributed by atoms with Gasteiger partial charge in [-0.2, -0.15) is 0 Å². The Morgan fingerprint density at radius 3 is 2.89 bits per heavy atom. The van der Waals surface area contributed by atoms with Gasteiger partial charge >= 0.3 is 5.97 Å². The fraction of sp³-hybridized carbons (Fsp3) is 0.250. The van der Waals surface area contributed by atoms with Crippen LogP contribution in [0, 0.1) is 0 Å². The Bertz CT molecular complexity index is 574. The molecular formula is C12H12ClN3O2S. The summed E-state index contributed by atoms with van der Waals surface area (Å²) >= 11 is 7.48. The van der Waals surface area contributed by atoms with Crippen molar-refractivity contribution in [1.29, 1.82) is 0 Å². The number of hydrogen-bond donors (Lipinski definition) is 2. The highest BCUT2D eigenvalue weighted by atomic mass is 35.5. The number of nitrogens with one attached hydrogen (secondary N) is 1. The predicted octanol–water partition coefficient (Wildman–Crippen LogP) is 3.14. The van der Waals surface area contributed by atoms with Crippen LogP contribution in [0.4, 0.5) is 5.13 Å². The molecule has 1 aromatic heterocycles. The maximum absolute atomic E-state index is 10.4. The number of halogens is 1. The fourth-order valence-electron chi connectivity index (χ4n) is 1.47. The van der Waals surface area contributed by atoms with Crippen molar-refractivity contribution in [3.05, 3.63) is 29.3 Å². The Morgan fingerprint density at radius 2 is 2.16 bits per heavy atom. The first-order valence-corrected chi connectivity index (χ1v) is 6.90. The standard InChI is InChI=1S/C12H12ClN3O2S/c13-9-5-2-1-4-8(9)11-15-16-12(19-11)14-7-3-6-10(17)18/h1-2,4-5H,3,6-7H2,(H,14,16)(H,17,18). The fourth-order valence-corrected chi connectivity index (χ4v) is 2.56. The largest absolute Gasteiger partial charge is 0.481 e. The summed E-state index contributed by atoms with van der Waals surface area (Å²) in [5.41, 5.74) is 0.847. The first-order chi connectivity index (χ1) is 9.16. The summed E-state index contributed by atoms with van der Waals surface area (Å²) in [6.07, 6.45) is 0.694. The van der Waals surface area contributed by atoms with Gasteiger partial charge in [0.1, 0.15) is 0 Å². The number of rotatable bonds is 6. The highest BCUT2D eigenvalue weighted by Gasteiger charge is 2.09. The monoisotopic (exact) mass is 297 g/mol. The van der Waals surface area contributed by atoms with Crippen LogP contribution in [0.1, 0.15) is 12.8 Å². The van der Waals surface area contributed by atoms with E-state index in [2.05, 4.69) is 15.5 Å². The molecule has 0 saturated carbocycles. The molecular weight excluding hydrogens is 286 g/mol. The van der Waals surface area contributed by atoms with Gasteiger partial charge in [-0.05, 0) is 12.5 Å². The van der Waals surface area contributed by atoms with Crippen molar-refractivity contribution < 1.29 is 9.90 Å². The molecule has 0 atom stereocenters. The number of aromatic nitrogens is 2. The SMILES string of the molecule is O=C(O)CCCNc1nnc(-c2ccccc2Cl)s1. The Hall–Kier alpha value is -1.66. The van der Waals surface area contributed by atoms with E-state index >= 15 is 0 Å². The van der Waals surface area contributed by atoms with E-state index in [1.165, 1.54) is 11.3 Å². The Morgan fingerprint density at radius 1 is 1.37 bits per heavy atom. The topological polar surface area (TPSA) is 75.1 Å². The average molecular weight is 298 g/mol. The summed E-state index contributed by atoms with van der Waals surface area (Å²) in [6, 6.07) is 7.44. The number of anilines is 1. The molecule has 2 aromatic rings. The molecule has 100 valence electrons. The first kappa shape index (κ1) is 13.8. The van der Waals surface area contributed by atoms with Crippen molar-refractivity contribution in [2.24, 2.45) is 0 Å². The van der Waals surface area contributed by atoms with Crippen molar-refractivity contribution in [3.63, 3.8) is 0 Å². The van der Waals surface area contributed by atoms with Crippen molar-refractivity contribution in [3.8, 4) is 10.6 Å². The number of carboxylic acid groups (broad SMARTS) is 1. The predicted molar refractivity (Wildman–Crippen MR) is 75.7 cm³/mol. The van der Waals surface area contributed by atoms with Crippen molar-refractivity contribution in [1.82, 2.24) is 10.2 Å². The van der Waals surface area contributed by atoms with Crippen LogP contribution >= 0.6 is 22.9 Å². The van der Waals surface area contributed by atoms with Gasteiger partial charge in [0.2, 0.25) is 5.13 Å². The molecule has 0 unspecified atom stereocenters. The third-order valence-corrected chi connectivity index (χ3v) is 3.62. The minimum Gasteiger partial charge on any atom is -0.481 e. The van der Waals surface area contributed by atoms with Gasteiger partial charge in [0.05, 0.1) is 5.02 Å². The second-order valence-corrected chi connectivity index (χ2v) is 5.20. The van der Waals surface area contributed by atoms with Gasteiger partial charge in [0.25, 0.3) is 0 Å². The van der Waals surface area contributed by atoms with E-state index in [-0.39, 0.29) is 6.42 Å². The normalized spacial score (nSPS) is 10.4. The van der Waals surface area contributed by atoms with Gasteiger partial charge in [-0.3, -0.25) is 4.79 Å². The van der Waals surface area contributed by atoms with Crippen LogP contribution in [0.25, 0.3) is 10.6 Å². The lowest BCUT2D eigenvalue weighted by atomic mass is 10.2.